The second-order valence-electron chi connectivity index (χ2n) is 8.24. The van der Waals surface area contributed by atoms with E-state index in [1.165, 1.54) is 0 Å². The number of methoxy groups -OCH3 is 1. The molecule has 0 aliphatic carbocycles. The number of hydrogen-bond donors (Lipinski definition) is 0. The Hall–Kier alpha value is -2.22. The molecule has 0 aromatic heterocycles. The van der Waals surface area contributed by atoms with Crippen LogP contribution in [0.5, 0.6) is 5.75 Å². The first-order chi connectivity index (χ1) is 13.1. The molecule has 0 N–H and O–H groups in total. The van der Waals surface area contributed by atoms with Crippen molar-refractivity contribution in [2.75, 3.05) is 20.3 Å². The van der Waals surface area contributed by atoms with Crippen LogP contribution in [0.3, 0.4) is 0 Å². The number of ether oxygens (including phenoxy) is 3. The number of morpholine rings is 1. The van der Waals surface area contributed by atoms with E-state index in [9.17, 15) is 18.4 Å². The van der Waals surface area contributed by atoms with Crippen molar-refractivity contribution in [3.8, 4) is 5.75 Å². The lowest BCUT2D eigenvalue weighted by Gasteiger charge is -2.47. The molecule has 2 atom stereocenters. The lowest BCUT2D eigenvalue weighted by molar-refractivity contribution is -0.0861. The van der Waals surface area contributed by atoms with Gasteiger partial charge in [0.2, 0.25) is 0 Å². The van der Waals surface area contributed by atoms with Crippen molar-refractivity contribution in [2.45, 2.75) is 51.3 Å². The molecule has 2 aliphatic rings. The molecule has 6 nitrogen and oxygen atoms in total. The van der Waals surface area contributed by atoms with Crippen LogP contribution in [0.2, 0.25) is 0 Å². The third kappa shape index (κ3) is 4.11. The molecule has 2 fully saturated rings. The first-order valence-electron chi connectivity index (χ1n) is 9.27. The van der Waals surface area contributed by atoms with E-state index >= 15 is 0 Å². The van der Waals surface area contributed by atoms with Gasteiger partial charge in [-0.15, -0.1) is 0 Å². The van der Waals surface area contributed by atoms with Crippen molar-refractivity contribution in [3.05, 3.63) is 29.3 Å². The molecule has 0 saturated carbocycles. The van der Waals surface area contributed by atoms with Crippen LogP contribution in [0.1, 0.15) is 44.0 Å². The van der Waals surface area contributed by atoms with Gasteiger partial charge in [-0.3, -0.25) is 9.69 Å². The smallest absolute Gasteiger partial charge is 0.410 e. The Morgan fingerprint density at radius 3 is 2.11 bits per heavy atom. The number of nitrogens with zero attached hydrogens (tertiary/aromatic N) is 1. The quantitative estimate of drug-likeness (QED) is 0.730. The second kappa shape index (κ2) is 7.66. The van der Waals surface area contributed by atoms with Gasteiger partial charge in [0.25, 0.3) is 0 Å². The predicted molar refractivity (Wildman–Crippen MR) is 96.4 cm³/mol. The number of fused-ring (bicyclic) bond motifs is 2. The minimum absolute atomic E-state index is 0.0366. The second-order valence-corrected chi connectivity index (χ2v) is 8.24. The standard InChI is InChI=1S/C20H25F2NO5/c1-20(2,3)28-19(25)23-13-5-11(6-14(23)10-27-9-13)17(24)12-7-15(21)18(26-4)16(22)8-12/h7-8,11,13-14H,5-6,9-10H2,1-4H3. The van der Waals surface area contributed by atoms with Crippen LogP contribution in [-0.2, 0) is 9.47 Å². The topological polar surface area (TPSA) is 65.1 Å². The number of carbonyl (C=O) groups is 2. The van der Waals surface area contributed by atoms with Gasteiger partial charge in [0, 0.05) is 11.5 Å². The van der Waals surface area contributed by atoms with Gasteiger partial charge in [-0.1, -0.05) is 0 Å². The van der Waals surface area contributed by atoms with Crippen LogP contribution >= 0.6 is 0 Å². The maximum atomic E-state index is 14.0. The Morgan fingerprint density at radius 1 is 1.11 bits per heavy atom. The van der Waals surface area contributed by atoms with E-state index in [1.807, 2.05) is 0 Å². The van der Waals surface area contributed by atoms with Crippen molar-refractivity contribution >= 4 is 11.9 Å². The van der Waals surface area contributed by atoms with E-state index in [4.69, 9.17) is 9.47 Å². The molecule has 8 heteroatoms. The largest absolute Gasteiger partial charge is 0.491 e. The lowest BCUT2D eigenvalue weighted by Crippen LogP contribution is -2.60. The molecule has 0 radical (unpaired) electrons. The summed E-state index contributed by atoms with van der Waals surface area (Å²) in [6.07, 6.45) is 0.270. The minimum atomic E-state index is -0.916. The lowest BCUT2D eigenvalue weighted by atomic mass is 9.81. The molecule has 2 unspecified atom stereocenters. The average molecular weight is 397 g/mol. The summed E-state index contributed by atoms with van der Waals surface area (Å²) in [6.45, 7) is 5.97. The number of piperidine rings is 1. The number of amides is 1. The number of carbonyl (C=O) groups excluding carboxylic acids is 2. The van der Waals surface area contributed by atoms with E-state index in [0.29, 0.717) is 26.1 Å². The third-order valence-electron chi connectivity index (χ3n) is 4.98. The Labute approximate surface area is 162 Å². The Morgan fingerprint density at radius 2 is 1.64 bits per heavy atom. The maximum Gasteiger partial charge on any atom is 0.410 e. The van der Waals surface area contributed by atoms with E-state index in [-0.39, 0.29) is 23.4 Å². The van der Waals surface area contributed by atoms with Crippen LogP contribution in [0.15, 0.2) is 12.1 Å². The highest BCUT2D eigenvalue weighted by Crippen LogP contribution is 2.35. The summed E-state index contributed by atoms with van der Waals surface area (Å²) in [5, 5.41) is 0. The molecule has 1 aromatic rings. The number of ketones is 1. The van der Waals surface area contributed by atoms with Gasteiger partial charge in [0.15, 0.2) is 23.2 Å². The molecule has 1 aromatic carbocycles. The molecule has 2 aliphatic heterocycles. The maximum absolute atomic E-state index is 14.0. The average Bonchev–Trinajstić information content (AvgIpc) is 2.58. The van der Waals surface area contributed by atoms with Gasteiger partial charge < -0.3 is 14.2 Å². The summed E-state index contributed by atoms with van der Waals surface area (Å²) in [5.74, 6) is -3.14. The van der Waals surface area contributed by atoms with Crippen molar-refractivity contribution in [3.63, 3.8) is 0 Å². The number of rotatable bonds is 3. The van der Waals surface area contributed by atoms with E-state index in [1.54, 1.807) is 25.7 Å². The first-order valence-corrected chi connectivity index (χ1v) is 9.27. The zero-order chi connectivity index (χ0) is 20.6. The highest BCUT2D eigenvalue weighted by Gasteiger charge is 2.45. The molecule has 1 amide bonds. The number of Topliss-reactive ketones (excluding diaryl/α,β-unsaturated/α-hetero) is 1. The molecule has 2 heterocycles. The molecular weight excluding hydrogens is 372 g/mol. The monoisotopic (exact) mass is 397 g/mol. The summed E-state index contributed by atoms with van der Waals surface area (Å²) >= 11 is 0. The van der Waals surface area contributed by atoms with Crippen LogP contribution in [-0.4, -0.2) is 54.8 Å². The van der Waals surface area contributed by atoms with Gasteiger partial charge in [0.05, 0.1) is 32.4 Å². The number of benzene rings is 1. The molecule has 2 saturated heterocycles. The van der Waals surface area contributed by atoms with Crippen LogP contribution < -0.4 is 4.74 Å². The van der Waals surface area contributed by atoms with Crippen LogP contribution in [0.25, 0.3) is 0 Å². The summed E-state index contributed by atoms with van der Waals surface area (Å²) in [6, 6.07) is 1.36. The number of hydrogen-bond acceptors (Lipinski definition) is 5. The Balaban J connectivity index is 1.78. The molecular formula is C20H25F2NO5. The van der Waals surface area contributed by atoms with Crippen molar-refractivity contribution < 1.29 is 32.6 Å². The zero-order valence-electron chi connectivity index (χ0n) is 16.5. The first kappa shape index (κ1) is 20.5. The summed E-state index contributed by atoms with van der Waals surface area (Å²) < 4.78 is 43.7. The van der Waals surface area contributed by atoms with Crippen molar-refractivity contribution in [2.24, 2.45) is 5.92 Å². The van der Waals surface area contributed by atoms with Gasteiger partial charge in [-0.05, 0) is 45.7 Å². The van der Waals surface area contributed by atoms with Gasteiger partial charge >= 0.3 is 6.09 Å². The molecule has 154 valence electrons. The minimum Gasteiger partial charge on any atom is -0.491 e. The van der Waals surface area contributed by atoms with E-state index < -0.39 is 35.0 Å². The zero-order valence-corrected chi connectivity index (χ0v) is 16.5. The van der Waals surface area contributed by atoms with Crippen LogP contribution in [0.4, 0.5) is 13.6 Å². The van der Waals surface area contributed by atoms with E-state index in [0.717, 1.165) is 19.2 Å². The SMILES string of the molecule is COc1c(F)cc(C(=O)C2CC3COCC(C2)N3C(=O)OC(C)(C)C)cc1F. The molecule has 2 bridgehead atoms. The molecule has 28 heavy (non-hydrogen) atoms. The Bertz CT molecular complexity index is 739. The normalized spacial score (nSPS) is 24.6. The van der Waals surface area contributed by atoms with Crippen molar-refractivity contribution in [1.82, 2.24) is 4.90 Å². The number of halogens is 2. The Kier molecular flexibility index (Phi) is 5.61. The third-order valence-corrected chi connectivity index (χ3v) is 4.98. The predicted octanol–water partition coefficient (Wildman–Crippen LogP) is 3.57. The van der Waals surface area contributed by atoms with Gasteiger partial charge in [0.1, 0.15) is 5.60 Å². The molecule has 3 rings (SSSR count). The highest BCUT2D eigenvalue weighted by atomic mass is 19.1. The molecule has 0 spiro atoms. The fourth-order valence-corrected chi connectivity index (χ4v) is 3.87. The highest BCUT2D eigenvalue weighted by molar-refractivity contribution is 5.98. The summed E-state index contributed by atoms with van der Waals surface area (Å²) in [4.78, 5) is 27.1. The van der Waals surface area contributed by atoms with Crippen molar-refractivity contribution in [1.29, 1.82) is 0 Å². The fourth-order valence-electron chi connectivity index (χ4n) is 3.87. The summed E-state index contributed by atoms with van der Waals surface area (Å²) in [7, 11) is 1.16. The van der Waals surface area contributed by atoms with E-state index in [2.05, 4.69) is 4.74 Å². The van der Waals surface area contributed by atoms with Crippen LogP contribution in [0, 0.1) is 17.6 Å². The fraction of sp³-hybridized carbons (Fsp3) is 0.600. The summed E-state index contributed by atoms with van der Waals surface area (Å²) in [5.41, 5.74) is -0.664. The van der Waals surface area contributed by atoms with Gasteiger partial charge in [-0.2, -0.15) is 0 Å². The van der Waals surface area contributed by atoms with Gasteiger partial charge in [-0.25, -0.2) is 13.6 Å².